The zero-order valence-corrected chi connectivity index (χ0v) is 18.6. The number of hydrogen-bond acceptors (Lipinski definition) is 6. The van der Waals surface area contributed by atoms with Gasteiger partial charge in [0.2, 0.25) is 11.6 Å². The van der Waals surface area contributed by atoms with Crippen LogP contribution < -0.4 is 10.1 Å². The molecule has 168 valence electrons. The lowest BCUT2D eigenvalue weighted by Gasteiger charge is -2.15. The second-order valence-electron chi connectivity index (χ2n) is 8.09. The van der Waals surface area contributed by atoms with Crippen molar-refractivity contribution < 1.29 is 14.3 Å². The Morgan fingerprint density at radius 1 is 1.21 bits per heavy atom. The molecule has 0 bridgehead atoms. The Morgan fingerprint density at radius 2 is 2.03 bits per heavy atom. The van der Waals surface area contributed by atoms with Crippen molar-refractivity contribution >= 4 is 23.1 Å². The van der Waals surface area contributed by atoms with Gasteiger partial charge in [-0.05, 0) is 55.2 Å². The van der Waals surface area contributed by atoms with Crippen LogP contribution in [0.5, 0.6) is 11.6 Å². The van der Waals surface area contributed by atoms with E-state index in [9.17, 15) is 4.79 Å². The number of hydrogen-bond donors (Lipinski definition) is 1. The summed E-state index contributed by atoms with van der Waals surface area (Å²) in [4.78, 5) is 25.8. The molecule has 0 spiro atoms. The van der Waals surface area contributed by atoms with Crippen molar-refractivity contribution in [3.8, 4) is 11.6 Å². The highest BCUT2D eigenvalue weighted by Gasteiger charge is 2.20. The molecule has 1 atom stereocenters. The lowest BCUT2D eigenvalue weighted by molar-refractivity contribution is 0.0827. The average Bonchev–Trinajstić information content (AvgIpc) is 3.34. The summed E-state index contributed by atoms with van der Waals surface area (Å²) < 4.78 is 11.6. The average molecular weight is 444 g/mol. The Morgan fingerprint density at radius 3 is 2.67 bits per heavy atom. The SMILES string of the molecule is [C-]#[N+]c1ccc(Nc2cnc(Oc3ccc(C(=O)N(C)C)cc3)c(CC3CCOC3)c2)nc1. The zero-order valence-electron chi connectivity index (χ0n) is 18.6. The van der Waals surface area contributed by atoms with Crippen LogP contribution in [0, 0.1) is 12.5 Å². The van der Waals surface area contributed by atoms with E-state index in [0.717, 1.165) is 37.3 Å². The number of carbonyl (C=O) groups excluding carboxylic acids is 1. The summed E-state index contributed by atoms with van der Waals surface area (Å²) in [7, 11) is 3.44. The monoisotopic (exact) mass is 443 g/mol. The minimum absolute atomic E-state index is 0.0601. The van der Waals surface area contributed by atoms with Gasteiger partial charge in [0.1, 0.15) is 11.6 Å². The van der Waals surface area contributed by atoms with Gasteiger partial charge in [0.25, 0.3) is 5.91 Å². The lowest BCUT2D eigenvalue weighted by atomic mass is 9.99. The van der Waals surface area contributed by atoms with Crippen molar-refractivity contribution in [2.75, 3.05) is 32.6 Å². The fraction of sp³-hybridized carbons (Fsp3) is 0.280. The molecule has 0 saturated carbocycles. The predicted octanol–water partition coefficient (Wildman–Crippen LogP) is 4.84. The van der Waals surface area contributed by atoms with E-state index in [1.807, 2.05) is 6.07 Å². The van der Waals surface area contributed by atoms with E-state index >= 15 is 0 Å². The third-order valence-corrected chi connectivity index (χ3v) is 5.33. The zero-order chi connectivity index (χ0) is 23.2. The second kappa shape index (κ2) is 10.1. The molecular formula is C25H25N5O3. The van der Waals surface area contributed by atoms with Gasteiger partial charge >= 0.3 is 0 Å². The molecule has 1 aromatic carbocycles. The Labute approximate surface area is 193 Å². The van der Waals surface area contributed by atoms with E-state index in [1.54, 1.807) is 56.7 Å². The maximum absolute atomic E-state index is 12.1. The number of aromatic nitrogens is 2. The van der Waals surface area contributed by atoms with E-state index in [1.165, 1.54) is 11.1 Å². The molecule has 8 nitrogen and oxygen atoms in total. The van der Waals surface area contributed by atoms with Gasteiger partial charge in [0.05, 0.1) is 18.5 Å². The highest BCUT2D eigenvalue weighted by atomic mass is 16.5. The smallest absolute Gasteiger partial charge is 0.253 e. The minimum atomic E-state index is -0.0601. The van der Waals surface area contributed by atoms with Crippen LogP contribution in [-0.4, -0.2) is 48.1 Å². The standard InChI is InChI=1S/C25H25N5O3/c1-26-20-6-9-23(27-14-20)29-21-13-19(12-17-10-11-32-16-17)24(28-15-21)33-22-7-4-18(5-8-22)25(31)30(2)3/h4-9,13-15,17H,10-12,16H2,2-3H3,(H,27,29). The molecule has 1 saturated heterocycles. The molecule has 1 amide bonds. The number of carbonyl (C=O) groups is 1. The predicted molar refractivity (Wildman–Crippen MR) is 125 cm³/mol. The van der Waals surface area contributed by atoms with Crippen molar-refractivity contribution in [2.45, 2.75) is 12.8 Å². The number of ether oxygens (including phenoxy) is 2. The van der Waals surface area contributed by atoms with Crippen molar-refractivity contribution in [2.24, 2.45) is 5.92 Å². The number of nitrogens with zero attached hydrogens (tertiary/aromatic N) is 4. The summed E-state index contributed by atoms with van der Waals surface area (Å²) in [5.41, 5.74) is 2.83. The van der Waals surface area contributed by atoms with Gasteiger partial charge in [-0.2, -0.15) is 0 Å². The number of anilines is 2. The first kappa shape index (κ1) is 22.2. The van der Waals surface area contributed by atoms with Crippen LogP contribution in [0.4, 0.5) is 17.2 Å². The molecule has 1 N–H and O–H groups in total. The summed E-state index contributed by atoms with van der Waals surface area (Å²) in [6.07, 6.45) is 5.00. The third kappa shape index (κ3) is 5.64. The summed E-state index contributed by atoms with van der Waals surface area (Å²) in [5.74, 6) is 2.11. The normalized spacial score (nSPS) is 15.0. The highest BCUT2D eigenvalue weighted by molar-refractivity contribution is 5.93. The number of pyridine rings is 2. The van der Waals surface area contributed by atoms with Crippen LogP contribution in [0.1, 0.15) is 22.3 Å². The third-order valence-electron chi connectivity index (χ3n) is 5.33. The van der Waals surface area contributed by atoms with Crippen molar-refractivity contribution in [3.63, 3.8) is 0 Å². The van der Waals surface area contributed by atoms with Gasteiger partial charge in [0, 0.05) is 44.6 Å². The van der Waals surface area contributed by atoms with Gasteiger partial charge in [-0.3, -0.25) is 9.78 Å². The van der Waals surface area contributed by atoms with Crippen LogP contribution in [0.15, 0.2) is 54.9 Å². The van der Waals surface area contributed by atoms with Gasteiger partial charge in [-0.1, -0.05) is 6.07 Å². The summed E-state index contributed by atoms with van der Waals surface area (Å²) in [6.45, 7) is 8.54. The molecule has 1 unspecified atom stereocenters. The molecule has 3 heterocycles. The Bertz CT molecular complexity index is 1150. The molecule has 0 aliphatic carbocycles. The van der Waals surface area contributed by atoms with E-state index < -0.39 is 0 Å². The Kier molecular flexibility index (Phi) is 6.81. The number of amides is 1. The summed E-state index contributed by atoms with van der Waals surface area (Å²) in [6, 6.07) is 12.5. The molecule has 1 fully saturated rings. The largest absolute Gasteiger partial charge is 0.439 e. The lowest BCUT2D eigenvalue weighted by Crippen LogP contribution is -2.21. The maximum atomic E-state index is 12.1. The first-order chi connectivity index (χ1) is 16.0. The van der Waals surface area contributed by atoms with Crippen LogP contribution in [0.2, 0.25) is 0 Å². The van der Waals surface area contributed by atoms with E-state index in [4.69, 9.17) is 16.0 Å². The van der Waals surface area contributed by atoms with Gasteiger partial charge in [-0.25, -0.2) is 9.83 Å². The fourth-order valence-corrected chi connectivity index (χ4v) is 3.57. The number of benzene rings is 1. The molecule has 1 aliphatic rings. The van der Waals surface area contributed by atoms with Gasteiger partial charge < -0.3 is 19.7 Å². The molecule has 0 radical (unpaired) electrons. The van der Waals surface area contributed by atoms with Crippen LogP contribution in [0.3, 0.4) is 0 Å². The first-order valence-electron chi connectivity index (χ1n) is 10.7. The molecule has 4 rings (SSSR count). The van der Waals surface area contributed by atoms with Crippen molar-refractivity contribution in [1.82, 2.24) is 14.9 Å². The van der Waals surface area contributed by atoms with E-state index in [0.29, 0.717) is 34.6 Å². The minimum Gasteiger partial charge on any atom is -0.439 e. The molecule has 2 aromatic heterocycles. The molecule has 1 aliphatic heterocycles. The van der Waals surface area contributed by atoms with E-state index in [-0.39, 0.29) is 5.91 Å². The maximum Gasteiger partial charge on any atom is 0.253 e. The Hall–Kier alpha value is -3.96. The quantitative estimate of drug-likeness (QED) is 0.526. The Balaban J connectivity index is 1.55. The molecular weight excluding hydrogens is 418 g/mol. The summed E-state index contributed by atoms with van der Waals surface area (Å²) in [5, 5.41) is 3.24. The second-order valence-corrected chi connectivity index (χ2v) is 8.09. The molecule has 33 heavy (non-hydrogen) atoms. The summed E-state index contributed by atoms with van der Waals surface area (Å²) >= 11 is 0. The fourth-order valence-electron chi connectivity index (χ4n) is 3.57. The highest BCUT2D eigenvalue weighted by Crippen LogP contribution is 2.30. The van der Waals surface area contributed by atoms with Crippen molar-refractivity contribution in [1.29, 1.82) is 0 Å². The van der Waals surface area contributed by atoms with Gasteiger partial charge in [-0.15, -0.1) is 0 Å². The number of nitrogens with one attached hydrogen (secondary N) is 1. The first-order valence-corrected chi connectivity index (χ1v) is 10.7. The van der Waals surface area contributed by atoms with Crippen LogP contribution in [-0.2, 0) is 11.2 Å². The van der Waals surface area contributed by atoms with Crippen molar-refractivity contribution in [3.05, 3.63) is 77.4 Å². The van der Waals surface area contributed by atoms with Crippen LogP contribution >= 0.6 is 0 Å². The van der Waals surface area contributed by atoms with E-state index in [2.05, 4.69) is 20.1 Å². The van der Waals surface area contributed by atoms with Gasteiger partial charge in [0.15, 0.2) is 0 Å². The molecule has 8 heteroatoms. The number of rotatable bonds is 7. The molecule has 3 aromatic rings. The topological polar surface area (TPSA) is 80.9 Å². The van der Waals surface area contributed by atoms with Crippen LogP contribution in [0.25, 0.3) is 4.85 Å².